The van der Waals surface area contributed by atoms with Gasteiger partial charge in [-0.15, -0.1) is 0 Å². The molecule has 4 rings (SSSR count). The van der Waals surface area contributed by atoms with Crippen molar-refractivity contribution in [2.24, 2.45) is 0 Å². The van der Waals surface area contributed by atoms with Crippen molar-refractivity contribution >= 4 is 15.8 Å². The second kappa shape index (κ2) is 8.21. The lowest BCUT2D eigenvalue weighted by molar-refractivity contribution is -0.0412. The summed E-state index contributed by atoms with van der Waals surface area (Å²) in [5, 5.41) is 20.1. The Kier molecular flexibility index (Phi) is 6.21. The topological polar surface area (TPSA) is 40.5 Å². The summed E-state index contributed by atoms with van der Waals surface area (Å²) < 4.78 is 0. The lowest BCUT2D eigenvalue weighted by atomic mass is 10.0. The first kappa shape index (κ1) is 18.2. The second-order valence-electron chi connectivity index (χ2n) is 8.71. The first-order valence-corrected chi connectivity index (χ1v) is 13.9. The number of hydrogen-bond acceptors (Lipinski definition) is 2. The van der Waals surface area contributed by atoms with Gasteiger partial charge in [0.25, 0.3) is 0 Å². The zero-order chi connectivity index (χ0) is 16.5. The highest BCUT2D eigenvalue weighted by atomic mass is 31.1. The molecular formula is C20H36O2P2. The van der Waals surface area contributed by atoms with Gasteiger partial charge in [0.05, 0.1) is 0 Å². The Labute approximate surface area is 150 Å². The smallest absolute Gasteiger partial charge is 0.158 e. The third-order valence-electron chi connectivity index (χ3n) is 7.24. The Morgan fingerprint density at radius 1 is 0.667 bits per heavy atom. The summed E-state index contributed by atoms with van der Waals surface area (Å²) in [7, 11) is 0.176. The number of rotatable bonds is 5. The normalized spacial score (nSPS) is 43.6. The van der Waals surface area contributed by atoms with Crippen molar-refractivity contribution in [1.82, 2.24) is 0 Å². The highest BCUT2D eigenvalue weighted by molar-refractivity contribution is 7.68. The zero-order valence-electron chi connectivity index (χ0n) is 15.2. The van der Waals surface area contributed by atoms with E-state index in [1.54, 1.807) is 0 Å². The van der Waals surface area contributed by atoms with E-state index in [1.807, 2.05) is 0 Å². The molecule has 0 radical (unpaired) electrons. The van der Waals surface area contributed by atoms with Crippen LogP contribution in [0.5, 0.6) is 0 Å². The van der Waals surface area contributed by atoms with E-state index in [0.29, 0.717) is 0 Å². The lowest BCUT2D eigenvalue weighted by Gasteiger charge is -2.20. The fourth-order valence-corrected chi connectivity index (χ4v) is 13.6. The average molecular weight is 370 g/mol. The van der Waals surface area contributed by atoms with Crippen LogP contribution in [0.2, 0.25) is 0 Å². The molecule has 5 atom stereocenters. The molecule has 0 aromatic carbocycles. The van der Waals surface area contributed by atoms with Crippen LogP contribution in [0.15, 0.2) is 0 Å². The monoisotopic (exact) mass is 370 g/mol. The summed E-state index contributed by atoms with van der Waals surface area (Å²) in [6.07, 6.45) is 18.7. The van der Waals surface area contributed by atoms with Gasteiger partial charge in [-0.05, 0) is 60.9 Å². The van der Waals surface area contributed by atoms with Crippen molar-refractivity contribution in [3.63, 3.8) is 0 Å². The fraction of sp³-hybridized carbons (Fsp3) is 1.00. The molecule has 0 amide bonds. The molecule has 2 aliphatic carbocycles. The largest absolute Gasteiger partial charge is 0.368 e. The van der Waals surface area contributed by atoms with Gasteiger partial charge in [-0.25, -0.2) is 0 Å². The van der Waals surface area contributed by atoms with E-state index in [9.17, 15) is 10.2 Å². The van der Waals surface area contributed by atoms with Gasteiger partial charge < -0.3 is 10.2 Å². The Morgan fingerprint density at radius 3 is 1.58 bits per heavy atom. The highest BCUT2D eigenvalue weighted by Crippen LogP contribution is 2.76. The van der Waals surface area contributed by atoms with Crippen molar-refractivity contribution in [3.8, 4) is 0 Å². The summed E-state index contributed by atoms with van der Waals surface area (Å²) in [6.45, 7) is 0. The standard InChI is InChI=1S/C20H36O2P2/c21-20(22)19(24-17-11-7-3-4-8-12-18(17)24)13-14-23-15-9-5-1-2-6-10-16(15)23/h15-22H,1-14H2. The summed E-state index contributed by atoms with van der Waals surface area (Å²) in [4.78, 5) is 0. The van der Waals surface area contributed by atoms with Crippen LogP contribution in [0.1, 0.15) is 83.5 Å². The molecule has 2 N–H and O–H groups in total. The van der Waals surface area contributed by atoms with Crippen LogP contribution in [-0.2, 0) is 0 Å². The molecule has 0 aromatic heterocycles. The van der Waals surface area contributed by atoms with Gasteiger partial charge in [0.2, 0.25) is 0 Å². The lowest BCUT2D eigenvalue weighted by Crippen LogP contribution is -2.23. The van der Waals surface area contributed by atoms with Crippen LogP contribution in [-0.4, -0.2) is 51.0 Å². The SMILES string of the molecule is OC(O)C(CCP1C2CCCCCCC21)P1C2CCCCCCC21. The molecule has 4 aliphatic rings. The molecule has 2 heterocycles. The van der Waals surface area contributed by atoms with Gasteiger partial charge in [0.15, 0.2) is 6.29 Å². The fourth-order valence-electron chi connectivity index (χ4n) is 5.83. The van der Waals surface area contributed by atoms with Gasteiger partial charge in [0.1, 0.15) is 0 Å². The summed E-state index contributed by atoms with van der Waals surface area (Å²) in [5.41, 5.74) is 4.18. The number of aliphatic hydroxyl groups is 2. The summed E-state index contributed by atoms with van der Waals surface area (Å²) in [6, 6.07) is 0. The quantitative estimate of drug-likeness (QED) is 0.514. The van der Waals surface area contributed by atoms with Crippen LogP contribution < -0.4 is 0 Å². The third-order valence-corrected chi connectivity index (χ3v) is 14.3. The minimum absolute atomic E-state index is 0.0764. The average Bonchev–Trinajstić information content (AvgIpc) is 3.35. The zero-order valence-corrected chi connectivity index (χ0v) is 16.9. The minimum atomic E-state index is -1.04. The van der Waals surface area contributed by atoms with Gasteiger partial charge in [0, 0.05) is 5.66 Å². The number of hydrogen-bond donors (Lipinski definition) is 2. The van der Waals surface area contributed by atoms with Crippen LogP contribution in [0, 0.1) is 0 Å². The molecule has 2 aliphatic heterocycles. The Bertz CT molecular complexity index is 388. The van der Waals surface area contributed by atoms with Crippen molar-refractivity contribution in [1.29, 1.82) is 0 Å². The maximum atomic E-state index is 10.1. The molecule has 0 bridgehead atoms. The van der Waals surface area contributed by atoms with E-state index in [-0.39, 0.29) is 21.5 Å². The highest BCUT2D eigenvalue weighted by Gasteiger charge is 2.55. The molecule has 2 nitrogen and oxygen atoms in total. The molecule has 4 heteroatoms. The van der Waals surface area contributed by atoms with Crippen LogP contribution in [0.3, 0.4) is 0 Å². The minimum Gasteiger partial charge on any atom is -0.368 e. The van der Waals surface area contributed by atoms with E-state index in [1.165, 1.54) is 83.2 Å². The van der Waals surface area contributed by atoms with E-state index in [4.69, 9.17) is 0 Å². The van der Waals surface area contributed by atoms with Crippen molar-refractivity contribution in [3.05, 3.63) is 0 Å². The van der Waals surface area contributed by atoms with Crippen LogP contribution >= 0.6 is 15.8 Å². The molecule has 24 heavy (non-hydrogen) atoms. The summed E-state index contributed by atoms with van der Waals surface area (Å²) in [5.74, 6) is 0. The van der Waals surface area contributed by atoms with Gasteiger partial charge >= 0.3 is 0 Å². The van der Waals surface area contributed by atoms with E-state index in [0.717, 1.165) is 29.1 Å². The predicted octanol–water partition coefficient (Wildman–Crippen LogP) is 5.23. The Morgan fingerprint density at radius 2 is 1.12 bits per heavy atom. The number of fused-ring (bicyclic) bond motifs is 2. The van der Waals surface area contributed by atoms with E-state index in [2.05, 4.69) is 0 Å². The Balaban J connectivity index is 1.30. The second-order valence-corrected chi connectivity index (χ2v) is 14.4. The van der Waals surface area contributed by atoms with Crippen LogP contribution in [0.25, 0.3) is 0 Å². The van der Waals surface area contributed by atoms with E-state index >= 15 is 0 Å². The first-order valence-electron chi connectivity index (χ1n) is 10.7. The molecule has 2 saturated heterocycles. The predicted molar refractivity (Wildman–Crippen MR) is 106 cm³/mol. The van der Waals surface area contributed by atoms with Crippen molar-refractivity contribution < 1.29 is 10.2 Å². The van der Waals surface area contributed by atoms with Gasteiger partial charge in [-0.3, -0.25) is 0 Å². The maximum Gasteiger partial charge on any atom is 0.158 e. The number of aliphatic hydroxyl groups excluding tert-OH is 1. The molecule has 0 aromatic rings. The molecule has 2 saturated carbocycles. The van der Waals surface area contributed by atoms with E-state index < -0.39 is 6.29 Å². The Hall–Kier alpha value is 0.780. The van der Waals surface area contributed by atoms with Crippen molar-refractivity contribution in [2.45, 2.75) is 118 Å². The maximum absolute atomic E-state index is 10.1. The first-order chi connectivity index (χ1) is 11.8. The van der Waals surface area contributed by atoms with Crippen LogP contribution in [0.4, 0.5) is 0 Å². The van der Waals surface area contributed by atoms with Gasteiger partial charge in [-0.2, -0.15) is 0 Å². The van der Waals surface area contributed by atoms with Gasteiger partial charge in [-0.1, -0.05) is 67.2 Å². The molecule has 138 valence electrons. The molecular weight excluding hydrogens is 334 g/mol. The third kappa shape index (κ3) is 4.03. The molecule has 4 fully saturated rings. The van der Waals surface area contributed by atoms with Crippen molar-refractivity contribution in [2.75, 3.05) is 6.16 Å². The molecule has 0 spiro atoms. The molecule has 5 unspecified atom stereocenters. The summed E-state index contributed by atoms with van der Waals surface area (Å²) >= 11 is 0.